The van der Waals surface area contributed by atoms with Crippen molar-refractivity contribution in [3.8, 4) is 0 Å². The van der Waals surface area contributed by atoms with Gasteiger partial charge in [0.2, 0.25) is 5.91 Å². The van der Waals surface area contributed by atoms with Crippen molar-refractivity contribution in [2.45, 2.75) is 18.8 Å². The van der Waals surface area contributed by atoms with Crippen molar-refractivity contribution in [2.75, 3.05) is 6.54 Å². The Kier molecular flexibility index (Phi) is 4.94. The molecular formula is C18H21N3O. The van der Waals surface area contributed by atoms with Crippen LogP contribution in [-0.4, -0.2) is 18.3 Å². The zero-order valence-electron chi connectivity index (χ0n) is 12.7. The number of carbonyl (C=O) groups is 1. The minimum atomic E-state index is -0.901. The molecule has 0 saturated heterocycles. The fraction of sp³-hybridized carbons (Fsp3) is 0.222. The van der Waals surface area contributed by atoms with Crippen molar-refractivity contribution in [2.24, 2.45) is 16.5 Å². The molecule has 0 atom stereocenters. The van der Waals surface area contributed by atoms with Crippen LogP contribution in [0.25, 0.3) is 0 Å². The van der Waals surface area contributed by atoms with E-state index >= 15 is 0 Å². The van der Waals surface area contributed by atoms with Crippen molar-refractivity contribution in [3.05, 3.63) is 71.8 Å². The number of hydrogen-bond donors (Lipinski definition) is 2. The third kappa shape index (κ3) is 3.17. The number of aliphatic imine (C=N–C) groups is 1. The Bertz CT molecular complexity index is 607. The van der Waals surface area contributed by atoms with Crippen molar-refractivity contribution in [1.82, 2.24) is 0 Å². The lowest BCUT2D eigenvalue weighted by atomic mass is 9.71. The number of amidine groups is 1. The second kappa shape index (κ2) is 6.89. The summed E-state index contributed by atoms with van der Waals surface area (Å²) >= 11 is 0. The van der Waals surface area contributed by atoms with Crippen LogP contribution in [0.4, 0.5) is 0 Å². The molecule has 0 heterocycles. The summed E-state index contributed by atoms with van der Waals surface area (Å²) in [7, 11) is 0. The predicted octanol–water partition coefficient (Wildman–Crippen LogP) is 2.23. The molecule has 4 nitrogen and oxygen atoms in total. The monoisotopic (exact) mass is 295 g/mol. The quantitative estimate of drug-likeness (QED) is 0.633. The van der Waals surface area contributed by atoms with Gasteiger partial charge in [0, 0.05) is 6.54 Å². The molecule has 0 aromatic heterocycles. The lowest BCUT2D eigenvalue weighted by molar-refractivity contribution is -0.122. The lowest BCUT2D eigenvalue weighted by Crippen LogP contribution is -2.43. The molecule has 0 fully saturated rings. The van der Waals surface area contributed by atoms with Gasteiger partial charge in [-0.15, -0.1) is 0 Å². The van der Waals surface area contributed by atoms with Gasteiger partial charge in [0.15, 0.2) is 0 Å². The maximum atomic E-state index is 12.4. The van der Waals surface area contributed by atoms with Crippen molar-refractivity contribution < 1.29 is 4.79 Å². The van der Waals surface area contributed by atoms with Gasteiger partial charge in [0.05, 0.1) is 5.84 Å². The molecular weight excluding hydrogens is 274 g/mol. The molecule has 2 aromatic rings. The molecule has 22 heavy (non-hydrogen) atoms. The Balaban J connectivity index is 2.55. The molecule has 4 N–H and O–H groups in total. The van der Waals surface area contributed by atoms with Crippen LogP contribution >= 0.6 is 0 Å². The molecule has 1 amide bonds. The van der Waals surface area contributed by atoms with E-state index in [4.69, 9.17) is 11.5 Å². The third-order valence-corrected chi connectivity index (χ3v) is 3.80. The van der Waals surface area contributed by atoms with E-state index in [9.17, 15) is 4.79 Å². The van der Waals surface area contributed by atoms with E-state index in [-0.39, 0.29) is 5.91 Å². The van der Waals surface area contributed by atoms with Crippen LogP contribution in [0, 0.1) is 0 Å². The zero-order valence-corrected chi connectivity index (χ0v) is 12.7. The number of carbonyl (C=O) groups excluding carboxylic acids is 1. The van der Waals surface area contributed by atoms with Gasteiger partial charge in [-0.1, -0.05) is 60.7 Å². The number of nitrogens with two attached hydrogens (primary N) is 2. The summed E-state index contributed by atoms with van der Waals surface area (Å²) in [5.41, 5.74) is 12.3. The third-order valence-electron chi connectivity index (χ3n) is 3.80. The first-order valence-electron chi connectivity index (χ1n) is 7.25. The largest absolute Gasteiger partial charge is 0.388 e. The highest BCUT2D eigenvalue weighted by atomic mass is 16.1. The molecule has 0 aliphatic heterocycles. The smallest absolute Gasteiger partial charge is 0.232 e. The first kappa shape index (κ1) is 15.8. The Morgan fingerprint density at radius 3 is 1.77 bits per heavy atom. The standard InChI is InChI=1S/C18H21N3O/c1-14(19)21-13-12-18(17(20)22,15-8-4-2-5-9-15)16-10-6-3-7-11-16/h2-11H,12-13H2,1H3,(H2,19,21)(H2,20,22). The van der Waals surface area contributed by atoms with Gasteiger partial charge in [0.25, 0.3) is 0 Å². The number of primary amides is 1. The number of amides is 1. The zero-order chi connectivity index (χ0) is 16.0. The summed E-state index contributed by atoms with van der Waals surface area (Å²) < 4.78 is 0. The second-order valence-electron chi connectivity index (χ2n) is 5.27. The molecule has 0 spiro atoms. The van der Waals surface area contributed by atoms with Crippen molar-refractivity contribution in [1.29, 1.82) is 0 Å². The molecule has 114 valence electrons. The van der Waals surface area contributed by atoms with Crippen LogP contribution < -0.4 is 11.5 Å². The topological polar surface area (TPSA) is 81.5 Å². The van der Waals surface area contributed by atoms with E-state index < -0.39 is 5.41 Å². The molecule has 2 aromatic carbocycles. The summed E-state index contributed by atoms with van der Waals surface area (Å²) in [5, 5.41) is 0. The minimum absolute atomic E-state index is 0.380. The number of nitrogens with zero attached hydrogens (tertiary/aromatic N) is 1. The van der Waals surface area contributed by atoms with E-state index in [1.54, 1.807) is 6.92 Å². The summed E-state index contributed by atoms with van der Waals surface area (Å²) in [5.74, 6) is 0.120. The normalized spacial score (nSPS) is 12.1. The van der Waals surface area contributed by atoms with Crippen LogP contribution in [0.1, 0.15) is 24.5 Å². The van der Waals surface area contributed by atoms with Gasteiger partial charge in [0.1, 0.15) is 5.41 Å². The second-order valence-corrected chi connectivity index (χ2v) is 5.27. The average molecular weight is 295 g/mol. The Morgan fingerprint density at radius 1 is 0.955 bits per heavy atom. The van der Waals surface area contributed by atoms with Crippen LogP contribution in [0.2, 0.25) is 0 Å². The summed E-state index contributed by atoms with van der Waals surface area (Å²) in [6, 6.07) is 19.2. The SMILES string of the molecule is CC(N)=NCCC(C(N)=O)(c1ccccc1)c1ccccc1. The number of benzene rings is 2. The van der Waals surface area contributed by atoms with Gasteiger partial charge in [-0.05, 0) is 24.5 Å². The van der Waals surface area contributed by atoms with E-state index in [2.05, 4.69) is 4.99 Å². The summed E-state index contributed by atoms with van der Waals surface area (Å²) in [6.07, 6.45) is 0.477. The fourth-order valence-corrected chi connectivity index (χ4v) is 2.71. The molecule has 0 radical (unpaired) electrons. The van der Waals surface area contributed by atoms with Crippen LogP contribution in [0.3, 0.4) is 0 Å². The van der Waals surface area contributed by atoms with Gasteiger partial charge in [-0.25, -0.2) is 0 Å². The Labute approximate surface area is 130 Å². The van der Waals surface area contributed by atoms with Gasteiger partial charge >= 0.3 is 0 Å². The molecule has 0 aliphatic carbocycles. The summed E-state index contributed by atoms with van der Waals surface area (Å²) in [6.45, 7) is 2.17. The minimum Gasteiger partial charge on any atom is -0.388 e. The van der Waals surface area contributed by atoms with Crippen molar-refractivity contribution in [3.63, 3.8) is 0 Å². The van der Waals surface area contributed by atoms with Crippen LogP contribution in [0.5, 0.6) is 0 Å². The van der Waals surface area contributed by atoms with Crippen LogP contribution in [0.15, 0.2) is 65.7 Å². The van der Waals surface area contributed by atoms with E-state index in [0.29, 0.717) is 18.8 Å². The predicted molar refractivity (Wildman–Crippen MR) is 89.6 cm³/mol. The first-order valence-corrected chi connectivity index (χ1v) is 7.25. The van der Waals surface area contributed by atoms with Gasteiger partial charge in [-0.3, -0.25) is 9.79 Å². The molecule has 0 bridgehead atoms. The maximum absolute atomic E-state index is 12.4. The summed E-state index contributed by atoms with van der Waals surface area (Å²) in [4.78, 5) is 16.7. The number of hydrogen-bond acceptors (Lipinski definition) is 2. The highest BCUT2D eigenvalue weighted by molar-refractivity contribution is 5.91. The van der Waals surface area contributed by atoms with E-state index in [1.165, 1.54) is 0 Å². The maximum Gasteiger partial charge on any atom is 0.232 e. The van der Waals surface area contributed by atoms with Gasteiger partial charge in [-0.2, -0.15) is 0 Å². The van der Waals surface area contributed by atoms with Gasteiger partial charge < -0.3 is 11.5 Å². The van der Waals surface area contributed by atoms with E-state index in [1.807, 2.05) is 60.7 Å². The highest BCUT2D eigenvalue weighted by Crippen LogP contribution is 2.35. The first-order chi connectivity index (χ1) is 10.6. The van der Waals surface area contributed by atoms with E-state index in [0.717, 1.165) is 11.1 Å². The Hall–Kier alpha value is -2.62. The molecule has 4 heteroatoms. The lowest BCUT2D eigenvalue weighted by Gasteiger charge is -2.31. The fourth-order valence-electron chi connectivity index (χ4n) is 2.71. The number of rotatable bonds is 6. The van der Waals surface area contributed by atoms with Crippen molar-refractivity contribution >= 4 is 11.7 Å². The average Bonchev–Trinajstić information content (AvgIpc) is 2.53. The molecule has 0 aliphatic rings. The Morgan fingerprint density at radius 2 is 1.41 bits per heavy atom. The highest BCUT2D eigenvalue weighted by Gasteiger charge is 2.39. The molecule has 0 unspecified atom stereocenters. The molecule has 2 rings (SSSR count). The van der Waals surface area contributed by atoms with Crippen LogP contribution in [-0.2, 0) is 10.2 Å². The molecule has 0 saturated carbocycles.